The molecule has 0 saturated heterocycles. The van der Waals surface area contributed by atoms with Crippen LogP contribution in [0.3, 0.4) is 0 Å². The third kappa shape index (κ3) is 6.10. The smallest absolute Gasteiger partial charge is 0.418 e. The molecule has 0 fully saturated rings. The third-order valence-corrected chi connectivity index (χ3v) is 8.64. The van der Waals surface area contributed by atoms with Crippen molar-refractivity contribution in [2.24, 2.45) is 0 Å². The van der Waals surface area contributed by atoms with Gasteiger partial charge in [-0.05, 0) is 82.0 Å². The molecule has 0 amide bonds. The van der Waals surface area contributed by atoms with E-state index in [0.717, 1.165) is 16.2 Å². The van der Waals surface area contributed by atoms with Gasteiger partial charge in [0.2, 0.25) is 0 Å². The van der Waals surface area contributed by atoms with Gasteiger partial charge in [-0.15, -0.1) is 0 Å². The van der Waals surface area contributed by atoms with Crippen molar-refractivity contribution >= 4 is 49.6 Å². The second-order valence-corrected chi connectivity index (χ2v) is 13.0. The topological polar surface area (TPSA) is 108 Å². The molecule has 2 aromatic heterocycles. The van der Waals surface area contributed by atoms with Gasteiger partial charge in [0.05, 0.1) is 29.1 Å². The number of carbonyl (C=O) groups excluding carboxylic acids is 2. The SMILES string of the molecule is CCOC(=O)c1ccc(S(=O)(=O)N(Cc2ccc3ccn(C(=O)OC(C)(C)C)c3c2)c2ncc3ccccc3c2C)cc1. The lowest BCUT2D eigenvalue weighted by molar-refractivity contribution is 0.0521. The molecule has 2 heterocycles. The lowest BCUT2D eigenvalue weighted by Crippen LogP contribution is -2.32. The number of aryl methyl sites for hydroxylation is 1. The van der Waals surface area contributed by atoms with Gasteiger partial charge in [-0.25, -0.2) is 27.3 Å². The molecule has 5 rings (SSSR count). The minimum atomic E-state index is -4.17. The summed E-state index contributed by atoms with van der Waals surface area (Å²) in [5, 5.41) is 2.56. The number of fused-ring (bicyclic) bond motifs is 2. The Labute approximate surface area is 250 Å². The van der Waals surface area contributed by atoms with Crippen molar-refractivity contribution in [1.82, 2.24) is 9.55 Å². The zero-order chi connectivity index (χ0) is 30.9. The van der Waals surface area contributed by atoms with Crippen LogP contribution in [-0.4, -0.2) is 42.2 Å². The molecule has 3 aromatic carbocycles. The fourth-order valence-electron chi connectivity index (χ4n) is 4.84. The van der Waals surface area contributed by atoms with E-state index >= 15 is 0 Å². The molecular formula is C33H33N3O6S. The van der Waals surface area contributed by atoms with E-state index in [2.05, 4.69) is 4.98 Å². The Hall–Kier alpha value is -4.70. The maximum absolute atomic E-state index is 14.3. The summed E-state index contributed by atoms with van der Waals surface area (Å²) in [5.41, 5.74) is 1.49. The number of nitrogens with zero attached hydrogens (tertiary/aromatic N) is 3. The predicted molar refractivity (Wildman–Crippen MR) is 166 cm³/mol. The van der Waals surface area contributed by atoms with Gasteiger partial charge in [0.25, 0.3) is 10.0 Å². The van der Waals surface area contributed by atoms with E-state index in [-0.39, 0.29) is 29.4 Å². The first-order chi connectivity index (χ1) is 20.4. The van der Waals surface area contributed by atoms with Crippen molar-refractivity contribution in [3.63, 3.8) is 0 Å². The highest BCUT2D eigenvalue weighted by molar-refractivity contribution is 7.92. The molecule has 0 bridgehead atoms. The first-order valence-electron chi connectivity index (χ1n) is 13.9. The van der Waals surface area contributed by atoms with Gasteiger partial charge in [-0.3, -0.25) is 4.57 Å². The highest BCUT2D eigenvalue weighted by Gasteiger charge is 2.29. The molecule has 0 radical (unpaired) electrons. The zero-order valence-corrected chi connectivity index (χ0v) is 25.5. The van der Waals surface area contributed by atoms with Crippen LogP contribution >= 0.6 is 0 Å². The van der Waals surface area contributed by atoms with E-state index in [1.807, 2.05) is 43.3 Å². The first-order valence-corrected chi connectivity index (χ1v) is 15.3. The van der Waals surface area contributed by atoms with Crippen LogP contribution in [0.5, 0.6) is 0 Å². The number of rotatable bonds is 7. The van der Waals surface area contributed by atoms with Crippen molar-refractivity contribution in [3.05, 3.63) is 102 Å². The Morgan fingerprint density at radius 3 is 2.37 bits per heavy atom. The molecule has 0 N–H and O–H groups in total. The Kier molecular flexibility index (Phi) is 7.98. The number of esters is 1. The van der Waals surface area contributed by atoms with Crippen molar-refractivity contribution in [2.45, 2.75) is 51.7 Å². The number of carbonyl (C=O) groups is 2. The van der Waals surface area contributed by atoms with Crippen LogP contribution in [0.2, 0.25) is 0 Å². The second kappa shape index (κ2) is 11.5. The minimum Gasteiger partial charge on any atom is -0.462 e. The maximum atomic E-state index is 14.3. The Morgan fingerprint density at radius 2 is 1.67 bits per heavy atom. The molecule has 0 spiro atoms. The van der Waals surface area contributed by atoms with Crippen LogP contribution in [0.1, 0.15) is 49.2 Å². The molecule has 0 aliphatic heterocycles. The van der Waals surface area contributed by atoms with Gasteiger partial charge in [-0.1, -0.05) is 36.4 Å². The summed E-state index contributed by atoms with van der Waals surface area (Å²) < 4.78 is 41.8. The number of aromatic nitrogens is 2. The van der Waals surface area contributed by atoms with Crippen LogP contribution in [-0.2, 0) is 26.0 Å². The fourth-order valence-corrected chi connectivity index (χ4v) is 6.30. The second-order valence-electron chi connectivity index (χ2n) is 11.1. The largest absolute Gasteiger partial charge is 0.462 e. The molecule has 10 heteroatoms. The highest BCUT2D eigenvalue weighted by Crippen LogP contribution is 2.32. The van der Waals surface area contributed by atoms with Crippen LogP contribution in [0.25, 0.3) is 21.7 Å². The highest BCUT2D eigenvalue weighted by atomic mass is 32.2. The molecule has 0 atom stereocenters. The molecule has 0 aliphatic carbocycles. The number of sulfonamides is 1. The summed E-state index contributed by atoms with van der Waals surface area (Å²) in [4.78, 5) is 29.7. The van der Waals surface area contributed by atoms with E-state index < -0.39 is 27.7 Å². The minimum absolute atomic E-state index is 0.00637. The zero-order valence-electron chi connectivity index (χ0n) is 24.7. The van der Waals surface area contributed by atoms with Crippen molar-refractivity contribution in [1.29, 1.82) is 0 Å². The molecule has 5 aromatic rings. The lowest BCUT2D eigenvalue weighted by Gasteiger charge is -2.26. The maximum Gasteiger partial charge on any atom is 0.418 e. The van der Waals surface area contributed by atoms with Gasteiger partial charge in [0.15, 0.2) is 0 Å². The summed E-state index contributed by atoms with van der Waals surface area (Å²) in [5.74, 6) is -0.257. The van der Waals surface area contributed by atoms with E-state index in [0.29, 0.717) is 16.6 Å². The monoisotopic (exact) mass is 599 g/mol. The van der Waals surface area contributed by atoms with Gasteiger partial charge in [0, 0.05) is 28.7 Å². The average Bonchev–Trinajstić information content (AvgIpc) is 3.39. The fraction of sp³-hybridized carbons (Fsp3) is 0.242. The number of benzene rings is 3. The van der Waals surface area contributed by atoms with Gasteiger partial charge < -0.3 is 9.47 Å². The van der Waals surface area contributed by atoms with Crippen molar-refractivity contribution in [3.8, 4) is 0 Å². The number of ether oxygens (including phenoxy) is 2. The molecule has 9 nitrogen and oxygen atoms in total. The Morgan fingerprint density at radius 1 is 0.953 bits per heavy atom. The molecule has 222 valence electrons. The predicted octanol–water partition coefficient (Wildman–Crippen LogP) is 6.85. The van der Waals surface area contributed by atoms with E-state index in [1.54, 1.807) is 52.2 Å². The van der Waals surface area contributed by atoms with E-state index in [1.165, 1.54) is 33.1 Å². The number of pyridine rings is 1. The normalized spacial score (nSPS) is 11.9. The molecular weight excluding hydrogens is 566 g/mol. The molecule has 0 aliphatic rings. The summed E-state index contributed by atoms with van der Waals surface area (Å²) in [7, 11) is -4.17. The van der Waals surface area contributed by atoms with Crippen LogP contribution in [0.15, 0.2) is 90.1 Å². The van der Waals surface area contributed by atoms with Gasteiger partial charge in [-0.2, -0.15) is 0 Å². The molecule has 0 saturated carbocycles. The van der Waals surface area contributed by atoms with E-state index in [9.17, 15) is 18.0 Å². The van der Waals surface area contributed by atoms with Gasteiger partial charge in [0.1, 0.15) is 11.4 Å². The standard InChI is InChI=1S/C33H33N3O6S/c1-6-41-31(37)25-13-15-27(16-14-25)43(39,40)36(30-22(2)28-10-8-7-9-26(28)20-34-30)21-23-11-12-24-17-18-35(29(24)19-23)32(38)42-33(3,4)5/h7-20H,6,21H2,1-5H3. The third-order valence-electron chi connectivity index (χ3n) is 6.89. The number of anilines is 1. The quantitative estimate of drug-likeness (QED) is 0.188. The van der Waals surface area contributed by atoms with Crippen molar-refractivity contribution < 1.29 is 27.5 Å². The Bertz CT molecular complexity index is 1940. The summed E-state index contributed by atoms with van der Waals surface area (Å²) in [6.07, 6.45) is 2.76. The van der Waals surface area contributed by atoms with Gasteiger partial charge >= 0.3 is 12.1 Å². The first kappa shape index (κ1) is 29.8. The van der Waals surface area contributed by atoms with Crippen LogP contribution in [0.4, 0.5) is 10.6 Å². The van der Waals surface area contributed by atoms with E-state index in [4.69, 9.17) is 9.47 Å². The molecule has 43 heavy (non-hydrogen) atoms. The van der Waals surface area contributed by atoms with Crippen molar-refractivity contribution in [2.75, 3.05) is 10.9 Å². The number of hydrogen-bond donors (Lipinski definition) is 0. The van der Waals surface area contributed by atoms with Crippen LogP contribution < -0.4 is 4.31 Å². The summed E-state index contributed by atoms with van der Waals surface area (Å²) >= 11 is 0. The average molecular weight is 600 g/mol. The molecule has 0 unspecified atom stereocenters. The lowest BCUT2D eigenvalue weighted by atomic mass is 10.1. The summed E-state index contributed by atoms with van der Waals surface area (Å²) in [6.45, 7) is 9.07. The van der Waals surface area contributed by atoms with Crippen LogP contribution in [0, 0.1) is 6.92 Å². The number of hydrogen-bond acceptors (Lipinski definition) is 7. The Balaban J connectivity index is 1.60. The summed E-state index contributed by atoms with van der Waals surface area (Å²) in [6, 6.07) is 20.5.